The van der Waals surface area contributed by atoms with Crippen LogP contribution in [-0.2, 0) is 4.79 Å². The molecule has 2 aliphatic carbocycles. The van der Waals surface area contributed by atoms with Crippen LogP contribution in [0.15, 0.2) is 0 Å². The molecule has 3 nitrogen and oxygen atoms in total. The summed E-state index contributed by atoms with van der Waals surface area (Å²) in [6, 6.07) is 0.297. The first-order chi connectivity index (χ1) is 10.1. The predicted octanol–water partition coefficient (Wildman–Crippen LogP) is 3.70. The highest BCUT2D eigenvalue weighted by Crippen LogP contribution is 2.38. The van der Waals surface area contributed by atoms with Crippen LogP contribution in [0.2, 0.25) is 0 Å². The molecule has 2 rings (SSSR count). The molecule has 2 saturated carbocycles. The fourth-order valence-corrected chi connectivity index (χ4v) is 4.43. The topological polar surface area (TPSA) is 55.1 Å². The quantitative estimate of drug-likeness (QED) is 0.761. The van der Waals surface area contributed by atoms with Crippen LogP contribution in [0.1, 0.15) is 77.6 Å². The van der Waals surface area contributed by atoms with Crippen LogP contribution >= 0.6 is 12.2 Å². The zero-order valence-corrected chi connectivity index (χ0v) is 14.1. The van der Waals surface area contributed by atoms with Gasteiger partial charge in [0.2, 0.25) is 5.91 Å². The Labute approximate surface area is 134 Å². The van der Waals surface area contributed by atoms with Gasteiger partial charge in [-0.25, -0.2) is 0 Å². The Morgan fingerprint density at radius 3 is 2.29 bits per heavy atom. The molecule has 2 fully saturated rings. The number of hydrogen-bond acceptors (Lipinski definition) is 2. The zero-order chi connectivity index (χ0) is 15.3. The molecule has 3 N–H and O–H groups in total. The Hall–Kier alpha value is -0.640. The molecule has 1 atom stereocenters. The van der Waals surface area contributed by atoms with Crippen molar-refractivity contribution in [3.63, 3.8) is 0 Å². The molecule has 1 unspecified atom stereocenters. The first kappa shape index (κ1) is 16.7. The molecule has 0 saturated heterocycles. The normalized spacial score (nSPS) is 24.2. The SMILES string of the molecule is CCC(NC(=O)C1(C(N)=S)CCCCC1)C1CCCCC1. The number of carbonyl (C=O) groups is 1. The van der Waals surface area contributed by atoms with Crippen molar-refractivity contribution in [3.8, 4) is 0 Å². The van der Waals surface area contributed by atoms with Crippen LogP contribution in [-0.4, -0.2) is 16.9 Å². The van der Waals surface area contributed by atoms with Crippen molar-refractivity contribution in [2.24, 2.45) is 17.1 Å². The maximum absolute atomic E-state index is 12.9. The monoisotopic (exact) mass is 310 g/mol. The highest BCUT2D eigenvalue weighted by atomic mass is 32.1. The Balaban J connectivity index is 2.04. The second kappa shape index (κ2) is 7.57. The fraction of sp³-hybridized carbons (Fsp3) is 0.882. The van der Waals surface area contributed by atoms with E-state index in [9.17, 15) is 4.79 Å². The van der Waals surface area contributed by atoms with Gasteiger partial charge in [0.1, 0.15) is 0 Å². The summed E-state index contributed by atoms with van der Waals surface area (Å²) in [7, 11) is 0. The number of hydrogen-bond donors (Lipinski definition) is 2. The van der Waals surface area contributed by atoms with E-state index in [1.165, 1.54) is 38.5 Å². The summed E-state index contributed by atoms with van der Waals surface area (Å²) in [6.07, 6.45) is 12.4. The molecule has 120 valence electrons. The average Bonchev–Trinajstić information content (AvgIpc) is 2.53. The molecule has 0 bridgehead atoms. The predicted molar refractivity (Wildman–Crippen MR) is 91.1 cm³/mol. The standard InChI is InChI=1S/C17H30N2OS/c1-2-14(13-9-5-3-6-10-13)19-16(20)17(15(18)21)11-7-4-8-12-17/h13-14H,2-12H2,1H3,(H2,18,21)(H,19,20). The molecular formula is C17H30N2OS. The van der Waals surface area contributed by atoms with Crippen LogP contribution in [0.25, 0.3) is 0 Å². The van der Waals surface area contributed by atoms with Crippen molar-refractivity contribution in [2.75, 3.05) is 0 Å². The van der Waals surface area contributed by atoms with Gasteiger partial charge >= 0.3 is 0 Å². The van der Waals surface area contributed by atoms with E-state index in [2.05, 4.69) is 12.2 Å². The largest absolute Gasteiger partial charge is 0.392 e. The number of nitrogens with one attached hydrogen (secondary N) is 1. The first-order valence-corrected chi connectivity index (χ1v) is 9.12. The minimum absolute atomic E-state index is 0.104. The smallest absolute Gasteiger partial charge is 0.233 e. The second-order valence-corrected chi connectivity index (χ2v) is 7.33. The Bertz CT molecular complexity index is 371. The highest BCUT2D eigenvalue weighted by Gasteiger charge is 2.43. The van der Waals surface area contributed by atoms with Gasteiger partial charge in [0.25, 0.3) is 0 Å². The van der Waals surface area contributed by atoms with E-state index in [-0.39, 0.29) is 5.91 Å². The molecule has 4 heteroatoms. The third-order valence-electron chi connectivity index (χ3n) is 5.59. The van der Waals surface area contributed by atoms with Crippen LogP contribution in [0, 0.1) is 11.3 Å². The summed E-state index contributed by atoms with van der Waals surface area (Å²) in [5.74, 6) is 0.742. The summed E-state index contributed by atoms with van der Waals surface area (Å²) in [5, 5.41) is 3.32. The zero-order valence-electron chi connectivity index (χ0n) is 13.3. The molecule has 0 aromatic carbocycles. The summed E-state index contributed by atoms with van der Waals surface area (Å²) < 4.78 is 0. The number of nitrogens with two attached hydrogens (primary N) is 1. The van der Waals surface area contributed by atoms with E-state index in [4.69, 9.17) is 18.0 Å². The number of thiocarbonyl (C=S) groups is 1. The van der Waals surface area contributed by atoms with Gasteiger partial charge in [-0.3, -0.25) is 4.79 Å². The fourth-order valence-electron chi connectivity index (χ4n) is 4.14. The lowest BCUT2D eigenvalue weighted by Gasteiger charge is -2.38. The Morgan fingerprint density at radius 1 is 1.19 bits per heavy atom. The number of carbonyl (C=O) groups excluding carboxylic acids is 1. The van der Waals surface area contributed by atoms with E-state index in [1.54, 1.807) is 0 Å². The van der Waals surface area contributed by atoms with Crippen LogP contribution in [0.5, 0.6) is 0 Å². The lowest BCUT2D eigenvalue weighted by atomic mass is 9.72. The van der Waals surface area contributed by atoms with Crippen molar-refractivity contribution >= 4 is 23.1 Å². The second-order valence-electron chi connectivity index (χ2n) is 6.89. The van der Waals surface area contributed by atoms with Gasteiger partial charge in [0.15, 0.2) is 0 Å². The average molecular weight is 311 g/mol. The van der Waals surface area contributed by atoms with Gasteiger partial charge in [-0.05, 0) is 38.0 Å². The molecule has 2 aliphatic rings. The van der Waals surface area contributed by atoms with Crippen LogP contribution < -0.4 is 11.1 Å². The van der Waals surface area contributed by atoms with E-state index in [1.807, 2.05) is 0 Å². The Morgan fingerprint density at radius 2 is 1.76 bits per heavy atom. The van der Waals surface area contributed by atoms with Crippen molar-refractivity contribution in [1.82, 2.24) is 5.32 Å². The maximum atomic E-state index is 12.9. The van der Waals surface area contributed by atoms with Crippen molar-refractivity contribution in [1.29, 1.82) is 0 Å². The summed E-state index contributed by atoms with van der Waals surface area (Å²) in [5.41, 5.74) is 5.40. The summed E-state index contributed by atoms with van der Waals surface area (Å²) >= 11 is 5.27. The molecule has 0 radical (unpaired) electrons. The molecule has 0 aromatic heterocycles. The minimum atomic E-state index is -0.574. The third kappa shape index (κ3) is 3.77. The molecular weight excluding hydrogens is 280 g/mol. The summed E-state index contributed by atoms with van der Waals surface area (Å²) in [6.45, 7) is 2.17. The lowest BCUT2D eigenvalue weighted by molar-refractivity contribution is -0.130. The highest BCUT2D eigenvalue weighted by molar-refractivity contribution is 7.80. The molecule has 0 aliphatic heterocycles. The lowest BCUT2D eigenvalue weighted by Crippen LogP contribution is -2.53. The Kier molecular flexibility index (Phi) is 6.03. The van der Waals surface area contributed by atoms with E-state index < -0.39 is 5.41 Å². The molecule has 21 heavy (non-hydrogen) atoms. The van der Waals surface area contributed by atoms with Crippen LogP contribution in [0.3, 0.4) is 0 Å². The first-order valence-electron chi connectivity index (χ1n) is 8.71. The van der Waals surface area contributed by atoms with Crippen molar-refractivity contribution < 1.29 is 4.79 Å². The van der Waals surface area contributed by atoms with Gasteiger partial charge in [0.05, 0.1) is 10.4 Å². The number of amides is 1. The third-order valence-corrected chi connectivity index (χ3v) is 5.98. The van der Waals surface area contributed by atoms with Crippen molar-refractivity contribution in [2.45, 2.75) is 83.6 Å². The van der Waals surface area contributed by atoms with Gasteiger partial charge in [-0.15, -0.1) is 0 Å². The van der Waals surface area contributed by atoms with E-state index >= 15 is 0 Å². The van der Waals surface area contributed by atoms with E-state index in [0.717, 1.165) is 32.1 Å². The van der Waals surface area contributed by atoms with Gasteiger partial charge in [-0.2, -0.15) is 0 Å². The molecule has 0 spiro atoms. The summed E-state index contributed by atoms with van der Waals surface area (Å²) in [4.78, 5) is 13.3. The van der Waals surface area contributed by atoms with Gasteiger partial charge < -0.3 is 11.1 Å². The molecule has 1 amide bonds. The van der Waals surface area contributed by atoms with Crippen molar-refractivity contribution in [3.05, 3.63) is 0 Å². The van der Waals surface area contributed by atoms with Gasteiger partial charge in [0, 0.05) is 6.04 Å². The minimum Gasteiger partial charge on any atom is -0.392 e. The van der Waals surface area contributed by atoms with E-state index in [0.29, 0.717) is 16.9 Å². The molecule has 0 aromatic rings. The number of rotatable bonds is 5. The molecule has 0 heterocycles. The van der Waals surface area contributed by atoms with Crippen LogP contribution in [0.4, 0.5) is 0 Å². The maximum Gasteiger partial charge on any atom is 0.233 e. The van der Waals surface area contributed by atoms with Gasteiger partial charge in [-0.1, -0.05) is 57.7 Å².